The summed E-state index contributed by atoms with van der Waals surface area (Å²) in [6.45, 7) is 4.63. The van der Waals surface area contributed by atoms with Crippen molar-refractivity contribution in [1.82, 2.24) is 10.6 Å². The van der Waals surface area contributed by atoms with E-state index in [2.05, 4.69) is 24.5 Å². The van der Waals surface area contributed by atoms with Gasteiger partial charge in [0.25, 0.3) is 0 Å². The van der Waals surface area contributed by atoms with Gasteiger partial charge in [-0.05, 0) is 24.3 Å². The molecule has 0 fully saturated rings. The molecule has 6 N–H and O–H groups in total. The zero-order valence-corrected chi connectivity index (χ0v) is 14.3. The third-order valence-electron chi connectivity index (χ3n) is 3.57. The van der Waals surface area contributed by atoms with E-state index in [1.807, 2.05) is 30.3 Å². The highest BCUT2D eigenvalue weighted by atomic mass is 16.5. The highest BCUT2D eigenvalue weighted by molar-refractivity contribution is 5.81. The van der Waals surface area contributed by atoms with E-state index in [1.165, 1.54) is 0 Å². The molecule has 2 atom stereocenters. The third kappa shape index (κ3) is 7.43. The van der Waals surface area contributed by atoms with Gasteiger partial charge in [-0.1, -0.05) is 44.2 Å². The van der Waals surface area contributed by atoms with Crippen molar-refractivity contribution in [2.24, 2.45) is 17.4 Å². The molecule has 0 radical (unpaired) electrons. The minimum absolute atomic E-state index is 0.0949. The number of nitrogens with two attached hydrogens (primary N) is 2. The van der Waals surface area contributed by atoms with E-state index < -0.39 is 12.1 Å². The number of amides is 3. The van der Waals surface area contributed by atoms with Gasteiger partial charge >= 0.3 is 6.03 Å². The van der Waals surface area contributed by atoms with Gasteiger partial charge in [-0.3, -0.25) is 4.79 Å². The van der Waals surface area contributed by atoms with Gasteiger partial charge in [-0.25, -0.2) is 4.79 Å². The van der Waals surface area contributed by atoms with Crippen molar-refractivity contribution in [1.29, 1.82) is 0 Å². The predicted octanol–water partition coefficient (Wildman–Crippen LogP) is 1.25. The van der Waals surface area contributed by atoms with E-state index in [0.717, 1.165) is 5.56 Å². The van der Waals surface area contributed by atoms with Crippen molar-refractivity contribution in [3.05, 3.63) is 35.9 Å². The van der Waals surface area contributed by atoms with Crippen LogP contribution in [0.4, 0.5) is 4.79 Å². The molecule has 0 saturated heterocycles. The van der Waals surface area contributed by atoms with E-state index in [4.69, 9.17) is 16.2 Å². The molecule has 3 amide bonds. The number of benzene rings is 1. The summed E-state index contributed by atoms with van der Waals surface area (Å²) in [5.41, 5.74) is 11.8. The third-order valence-corrected chi connectivity index (χ3v) is 3.57. The van der Waals surface area contributed by atoms with E-state index in [9.17, 15) is 9.59 Å². The summed E-state index contributed by atoms with van der Waals surface area (Å²) in [6, 6.07) is 8.66. The molecular formula is C17H28N4O3. The maximum absolute atomic E-state index is 11.9. The zero-order valence-electron chi connectivity index (χ0n) is 14.3. The fourth-order valence-electron chi connectivity index (χ4n) is 2.31. The Hall–Kier alpha value is -2.12. The van der Waals surface area contributed by atoms with E-state index in [1.54, 1.807) is 0 Å². The zero-order chi connectivity index (χ0) is 17.9. The van der Waals surface area contributed by atoms with Crippen LogP contribution in [-0.2, 0) is 9.53 Å². The first-order valence-electron chi connectivity index (χ1n) is 8.15. The largest absolute Gasteiger partial charge is 0.353 e. The average molecular weight is 336 g/mol. The van der Waals surface area contributed by atoms with Crippen LogP contribution in [0.15, 0.2) is 30.3 Å². The van der Waals surface area contributed by atoms with Gasteiger partial charge in [-0.2, -0.15) is 0 Å². The fraction of sp³-hybridized carbons (Fsp3) is 0.529. The smallest absolute Gasteiger partial charge is 0.312 e. The van der Waals surface area contributed by atoms with Crippen LogP contribution in [0.5, 0.6) is 0 Å². The maximum Gasteiger partial charge on any atom is 0.312 e. The second kappa shape index (κ2) is 10.6. The molecule has 1 aromatic rings. The van der Waals surface area contributed by atoms with Crippen LogP contribution >= 0.6 is 0 Å². The Morgan fingerprint density at radius 1 is 1.17 bits per heavy atom. The van der Waals surface area contributed by atoms with Crippen molar-refractivity contribution < 1.29 is 14.3 Å². The van der Waals surface area contributed by atoms with Crippen LogP contribution in [0.2, 0.25) is 0 Å². The molecular weight excluding hydrogens is 308 g/mol. The van der Waals surface area contributed by atoms with E-state index in [-0.39, 0.29) is 24.7 Å². The van der Waals surface area contributed by atoms with Gasteiger partial charge in [0.1, 0.15) is 6.73 Å². The molecule has 0 aromatic heterocycles. The summed E-state index contributed by atoms with van der Waals surface area (Å²) in [7, 11) is 0. The van der Waals surface area contributed by atoms with Gasteiger partial charge in [0.15, 0.2) is 0 Å². The van der Waals surface area contributed by atoms with E-state index in [0.29, 0.717) is 19.4 Å². The highest BCUT2D eigenvalue weighted by Gasteiger charge is 2.18. The monoisotopic (exact) mass is 336 g/mol. The molecule has 0 spiro atoms. The molecule has 0 heterocycles. The molecule has 0 bridgehead atoms. The van der Waals surface area contributed by atoms with Crippen molar-refractivity contribution in [3.63, 3.8) is 0 Å². The second-order valence-corrected chi connectivity index (χ2v) is 5.97. The lowest BCUT2D eigenvalue weighted by atomic mass is 9.99. The first kappa shape index (κ1) is 19.9. The number of ether oxygens (including phenoxy) is 1. The van der Waals surface area contributed by atoms with Crippen molar-refractivity contribution >= 4 is 11.9 Å². The van der Waals surface area contributed by atoms with Crippen LogP contribution in [0.1, 0.15) is 38.4 Å². The van der Waals surface area contributed by atoms with Gasteiger partial charge in [0.2, 0.25) is 5.91 Å². The standard InChI is InChI=1S/C17H28N4O3/c1-12(2)15(13-7-4-3-5-8-13)24-11-21-16(22)14(18)9-6-10-20-17(19)23/h3-5,7-8,12,14-15H,6,9-11,18H2,1-2H3,(H,21,22)(H3,19,20,23)/t14-,15+/m0/s1. The number of carbonyl (C=O) groups is 2. The van der Waals surface area contributed by atoms with E-state index >= 15 is 0 Å². The van der Waals surface area contributed by atoms with Crippen LogP contribution in [-0.4, -0.2) is 31.3 Å². The molecule has 1 rings (SSSR count). The molecule has 0 unspecified atom stereocenters. The number of hydrogen-bond acceptors (Lipinski definition) is 4. The first-order chi connectivity index (χ1) is 11.4. The molecule has 0 aliphatic rings. The number of carbonyl (C=O) groups excluding carboxylic acids is 2. The average Bonchev–Trinajstić information content (AvgIpc) is 2.55. The second-order valence-electron chi connectivity index (χ2n) is 5.97. The quantitative estimate of drug-likeness (QED) is 0.380. The van der Waals surface area contributed by atoms with Crippen LogP contribution in [0, 0.1) is 5.92 Å². The lowest BCUT2D eigenvalue weighted by Gasteiger charge is -2.22. The SMILES string of the molecule is CC(C)[C@@H](OCNC(=O)[C@@H](N)CCCNC(N)=O)c1ccccc1. The number of hydrogen-bond donors (Lipinski definition) is 4. The summed E-state index contributed by atoms with van der Waals surface area (Å²) in [4.78, 5) is 22.5. The fourth-order valence-corrected chi connectivity index (χ4v) is 2.31. The van der Waals surface area contributed by atoms with Gasteiger partial charge < -0.3 is 26.8 Å². The molecule has 134 valence electrons. The summed E-state index contributed by atoms with van der Waals surface area (Å²) in [6.07, 6.45) is 0.942. The van der Waals surface area contributed by atoms with Gasteiger partial charge in [-0.15, -0.1) is 0 Å². The summed E-state index contributed by atoms with van der Waals surface area (Å²) in [5, 5.41) is 5.14. The Bertz CT molecular complexity index is 508. The lowest BCUT2D eigenvalue weighted by Crippen LogP contribution is -2.42. The highest BCUT2D eigenvalue weighted by Crippen LogP contribution is 2.24. The minimum atomic E-state index is -0.641. The Morgan fingerprint density at radius 3 is 2.42 bits per heavy atom. The Labute approximate surface area is 143 Å². The number of primary amides is 1. The Morgan fingerprint density at radius 2 is 1.83 bits per heavy atom. The number of nitrogens with one attached hydrogen (secondary N) is 2. The first-order valence-corrected chi connectivity index (χ1v) is 8.15. The Balaban J connectivity index is 2.33. The molecule has 0 aliphatic carbocycles. The number of rotatable bonds is 10. The van der Waals surface area contributed by atoms with Crippen LogP contribution in [0.25, 0.3) is 0 Å². The molecule has 24 heavy (non-hydrogen) atoms. The summed E-state index contributed by atoms with van der Waals surface area (Å²) in [5.74, 6) is 0.00231. The maximum atomic E-state index is 11.9. The lowest BCUT2D eigenvalue weighted by molar-refractivity contribution is -0.125. The Kier molecular flexibility index (Phi) is 8.81. The molecule has 1 aromatic carbocycles. The summed E-state index contributed by atoms with van der Waals surface area (Å²) < 4.78 is 5.81. The topological polar surface area (TPSA) is 119 Å². The van der Waals surface area contributed by atoms with Crippen molar-refractivity contribution in [2.75, 3.05) is 13.3 Å². The van der Waals surface area contributed by atoms with Crippen LogP contribution in [0.3, 0.4) is 0 Å². The molecule has 7 heteroatoms. The van der Waals surface area contributed by atoms with Crippen molar-refractivity contribution in [3.8, 4) is 0 Å². The molecule has 0 saturated carbocycles. The van der Waals surface area contributed by atoms with Gasteiger partial charge in [0, 0.05) is 6.54 Å². The molecule has 0 aliphatic heterocycles. The predicted molar refractivity (Wildman–Crippen MR) is 92.9 cm³/mol. The normalized spacial score (nSPS) is 13.3. The summed E-state index contributed by atoms with van der Waals surface area (Å²) >= 11 is 0. The van der Waals surface area contributed by atoms with Crippen LogP contribution < -0.4 is 22.1 Å². The van der Waals surface area contributed by atoms with Crippen molar-refractivity contribution in [2.45, 2.75) is 38.8 Å². The molecule has 7 nitrogen and oxygen atoms in total. The minimum Gasteiger partial charge on any atom is -0.353 e. The number of urea groups is 1. The van der Waals surface area contributed by atoms with Gasteiger partial charge in [0.05, 0.1) is 12.1 Å².